The van der Waals surface area contributed by atoms with E-state index in [0.29, 0.717) is 0 Å². The van der Waals surface area contributed by atoms with Crippen molar-refractivity contribution in [2.75, 3.05) is 32.7 Å². The lowest BCUT2D eigenvalue weighted by Crippen LogP contribution is -2.54. The molecule has 0 bridgehead atoms. The standard InChI is InChI=1S/C10H21N3O/c1-10(2,3-4-11)13-7-5-12(9-14)6-8-13/h9H,3-8,11H2,1-2H3. The number of hydrogen-bond donors (Lipinski definition) is 1. The average molecular weight is 199 g/mol. The molecule has 1 aliphatic heterocycles. The summed E-state index contributed by atoms with van der Waals surface area (Å²) in [6, 6.07) is 0. The van der Waals surface area contributed by atoms with Crippen LogP contribution in [-0.2, 0) is 4.79 Å². The van der Waals surface area contributed by atoms with Crippen LogP contribution in [0, 0.1) is 0 Å². The lowest BCUT2D eigenvalue weighted by atomic mass is 9.97. The Morgan fingerprint density at radius 2 is 1.86 bits per heavy atom. The molecule has 2 N–H and O–H groups in total. The van der Waals surface area contributed by atoms with Gasteiger partial charge in [-0.3, -0.25) is 9.69 Å². The van der Waals surface area contributed by atoms with Crippen molar-refractivity contribution in [3.05, 3.63) is 0 Å². The predicted molar refractivity (Wildman–Crippen MR) is 57.0 cm³/mol. The van der Waals surface area contributed by atoms with Crippen molar-refractivity contribution in [2.45, 2.75) is 25.8 Å². The zero-order chi connectivity index (χ0) is 10.6. The SMILES string of the molecule is CC(C)(CCN)N1CCN(C=O)CC1. The van der Waals surface area contributed by atoms with Gasteiger partial charge in [0, 0.05) is 31.7 Å². The third-order valence-corrected chi connectivity index (χ3v) is 3.08. The van der Waals surface area contributed by atoms with Crippen molar-refractivity contribution in [1.82, 2.24) is 9.80 Å². The second kappa shape index (κ2) is 4.75. The molecule has 1 saturated heterocycles. The van der Waals surface area contributed by atoms with E-state index < -0.39 is 0 Å². The number of carbonyl (C=O) groups excluding carboxylic acids is 1. The highest BCUT2D eigenvalue weighted by Gasteiger charge is 2.28. The number of hydrogen-bond acceptors (Lipinski definition) is 3. The summed E-state index contributed by atoms with van der Waals surface area (Å²) in [4.78, 5) is 14.8. The number of amides is 1. The van der Waals surface area contributed by atoms with Gasteiger partial charge >= 0.3 is 0 Å². The molecule has 1 heterocycles. The fourth-order valence-electron chi connectivity index (χ4n) is 1.94. The molecule has 0 saturated carbocycles. The quantitative estimate of drug-likeness (QED) is 0.643. The van der Waals surface area contributed by atoms with Crippen LogP contribution in [0.1, 0.15) is 20.3 Å². The van der Waals surface area contributed by atoms with Crippen molar-refractivity contribution >= 4 is 6.41 Å². The van der Waals surface area contributed by atoms with E-state index in [-0.39, 0.29) is 5.54 Å². The lowest BCUT2D eigenvalue weighted by molar-refractivity contribution is -0.120. The van der Waals surface area contributed by atoms with Crippen LogP contribution in [0.2, 0.25) is 0 Å². The van der Waals surface area contributed by atoms with Gasteiger partial charge in [0.05, 0.1) is 0 Å². The van der Waals surface area contributed by atoms with E-state index >= 15 is 0 Å². The molecule has 0 spiro atoms. The molecule has 0 aliphatic carbocycles. The van der Waals surface area contributed by atoms with Gasteiger partial charge in [-0.2, -0.15) is 0 Å². The van der Waals surface area contributed by atoms with Gasteiger partial charge in [-0.05, 0) is 26.8 Å². The highest BCUT2D eigenvalue weighted by molar-refractivity contribution is 5.47. The summed E-state index contributed by atoms with van der Waals surface area (Å²) in [5.41, 5.74) is 5.75. The highest BCUT2D eigenvalue weighted by atomic mass is 16.1. The minimum atomic E-state index is 0.170. The normalized spacial score (nSPS) is 19.8. The first-order valence-electron chi connectivity index (χ1n) is 5.24. The molecule has 0 aromatic heterocycles. The molecule has 0 aromatic rings. The number of piperazine rings is 1. The second-order valence-corrected chi connectivity index (χ2v) is 4.48. The highest BCUT2D eigenvalue weighted by Crippen LogP contribution is 2.19. The fraction of sp³-hybridized carbons (Fsp3) is 0.900. The van der Waals surface area contributed by atoms with Gasteiger partial charge < -0.3 is 10.6 Å². The van der Waals surface area contributed by atoms with Crippen molar-refractivity contribution in [1.29, 1.82) is 0 Å². The topological polar surface area (TPSA) is 49.6 Å². The predicted octanol–water partition coefficient (Wildman–Crippen LogP) is -0.112. The molecular formula is C10H21N3O. The molecule has 4 heteroatoms. The summed E-state index contributed by atoms with van der Waals surface area (Å²) in [6.45, 7) is 8.78. The second-order valence-electron chi connectivity index (χ2n) is 4.48. The van der Waals surface area contributed by atoms with Crippen molar-refractivity contribution in [3.8, 4) is 0 Å². The molecule has 0 radical (unpaired) electrons. The Morgan fingerprint density at radius 3 is 2.29 bits per heavy atom. The van der Waals surface area contributed by atoms with Crippen molar-refractivity contribution in [2.24, 2.45) is 5.73 Å². The summed E-state index contributed by atoms with van der Waals surface area (Å²) < 4.78 is 0. The third-order valence-electron chi connectivity index (χ3n) is 3.08. The Balaban J connectivity index is 2.44. The van der Waals surface area contributed by atoms with E-state index in [1.807, 2.05) is 4.90 Å². The van der Waals surface area contributed by atoms with Gasteiger partial charge in [-0.25, -0.2) is 0 Å². The van der Waals surface area contributed by atoms with Gasteiger partial charge in [0.2, 0.25) is 6.41 Å². The van der Waals surface area contributed by atoms with Gasteiger partial charge in [-0.15, -0.1) is 0 Å². The largest absolute Gasteiger partial charge is 0.343 e. The zero-order valence-electron chi connectivity index (χ0n) is 9.20. The van der Waals surface area contributed by atoms with Crippen LogP contribution < -0.4 is 5.73 Å². The first-order valence-corrected chi connectivity index (χ1v) is 5.24. The molecular weight excluding hydrogens is 178 g/mol. The van der Waals surface area contributed by atoms with Crippen LogP contribution in [0.25, 0.3) is 0 Å². The minimum absolute atomic E-state index is 0.170. The first-order chi connectivity index (χ1) is 6.60. The molecule has 0 aromatic carbocycles. The summed E-state index contributed by atoms with van der Waals surface area (Å²) in [5, 5.41) is 0. The van der Waals surface area contributed by atoms with Crippen LogP contribution in [-0.4, -0.2) is 54.5 Å². The molecule has 14 heavy (non-hydrogen) atoms. The van der Waals surface area contributed by atoms with Crippen LogP contribution >= 0.6 is 0 Å². The van der Waals surface area contributed by atoms with Gasteiger partial charge in [0.1, 0.15) is 0 Å². The number of rotatable bonds is 4. The summed E-state index contributed by atoms with van der Waals surface area (Å²) in [5.74, 6) is 0. The van der Waals surface area contributed by atoms with Gasteiger partial charge in [-0.1, -0.05) is 0 Å². The Labute approximate surface area is 86.0 Å². The maximum Gasteiger partial charge on any atom is 0.209 e. The molecule has 1 aliphatic rings. The van der Waals surface area contributed by atoms with E-state index in [1.54, 1.807) is 0 Å². The lowest BCUT2D eigenvalue weighted by Gasteiger charge is -2.43. The monoisotopic (exact) mass is 199 g/mol. The maximum absolute atomic E-state index is 10.5. The third kappa shape index (κ3) is 2.69. The Kier molecular flexibility index (Phi) is 3.89. The van der Waals surface area contributed by atoms with E-state index in [4.69, 9.17) is 5.73 Å². The van der Waals surface area contributed by atoms with E-state index in [0.717, 1.165) is 45.6 Å². The fourth-order valence-corrected chi connectivity index (χ4v) is 1.94. The van der Waals surface area contributed by atoms with E-state index in [1.165, 1.54) is 0 Å². The zero-order valence-corrected chi connectivity index (χ0v) is 9.20. The molecule has 0 atom stereocenters. The molecule has 82 valence electrons. The summed E-state index contributed by atoms with van der Waals surface area (Å²) in [6.07, 6.45) is 1.95. The Bertz CT molecular complexity index is 186. The maximum atomic E-state index is 10.5. The number of carbonyl (C=O) groups is 1. The Morgan fingerprint density at radius 1 is 1.29 bits per heavy atom. The smallest absolute Gasteiger partial charge is 0.209 e. The molecule has 1 rings (SSSR count). The number of nitrogens with two attached hydrogens (primary N) is 1. The molecule has 4 nitrogen and oxygen atoms in total. The molecule has 0 unspecified atom stereocenters. The van der Waals surface area contributed by atoms with Crippen LogP contribution in [0.5, 0.6) is 0 Å². The first kappa shape index (κ1) is 11.5. The van der Waals surface area contributed by atoms with Crippen molar-refractivity contribution in [3.63, 3.8) is 0 Å². The van der Waals surface area contributed by atoms with Gasteiger partial charge in [0.25, 0.3) is 0 Å². The minimum Gasteiger partial charge on any atom is -0.343 e. The van der Waals surface area contributed by atoms with Crippen LogP contribution in [0.3, 0.4) is 0 Å². The van der Waals surface area contributed by atoms with Crippen molar-refractivity contribution < 1.29 is 4.79 Å². The van der Waals surface area contributed by atoms with E-state index in [9.17, 15) is 4.79 Å². The van der Waals surface area contributed by atoms with Crippen LogP contribution in [0.15, 0.2) is 0 Å². The molecule has 1 fully saturated rings. The van der Waals surface area contributed by atoms with E-state index in [2.05, 4.69) is 18.7 Å². The summed E-state index contributed by atoms with van der Waals surface area (Å²) in [7, 11) is 0. The Hall–Kier alpha value is -0.610. The van der Waals surface area contributed by atoms with Crippen LogP contribution in [0.4, 0.5) is 0 Å². The van der Waals surface area contributed by atoms with Gasteiger partial charge in [0.15, 0.2) is 0 Å². The average Bonchev–Trinajstić information content (AvgIpc) is 2.18. The summed E-state index contributed by atoms with van der Waals surface area (Å²) >= 11 is 0. The number of nitrogens with zero attached hydrogens (tertiary/aromatic N) is 2. The molecule has 1 amide bonds.